The molecule has 5 heteroatoms. The molecular formula is C10H5NO3S. The second kappa shape index (κ2) is 3.06. The van der Waals surface area contributed by atoms with Crippen LogP contribution in [0.25, 0.3) is 22.4 Å². The molecule has 0 bridgehead atoms. The average molecular weight is 219 g/mol. The minimum atomic E-state index is -0.398. The predicted molar refractivity (Wildman–Crippen MR) is 55.9 cm³/mol. The summed E-state index contributed by atoms with van der Waals surface area (Å²) >= 11 is 0.808. The lowest BCUT2D eigenvalue weighted by atomic mass is 10.1. The third kappa shape index (κ3) is 1.28. The summed E-state index contributed by atoms with van der Waals surface area (Å²) in [5.74, 6) is 0.344. The fourth-order valence-corrected chi connectivity index (χ4v) is 1.89. The summed E-state index contributed by atoms with van der Waals surface area (Å²) in [6, 6.07) is 7.35. The van der Waals surface area contributed by atoms with Gasteiger partial charge in [-0.25, -0.2) is 4.79 Å². The monoisotopic (exact) mass is 219 g/mol. The van der Waals surface area contributed by atoms with Crippen molar-refractivity contribution in [3.63, 3.8) is 0 Å². The van der Waals surface area contributed by atoms with E-state index < -0.39 is 4.94 Å². The zero-order chi connectivity index (χ0) is 10.3. The van der Waals surface area contributed by atoms with Crippen LogP contribution in [0, 0.1) is 0 Å². The molecule has 0 saturated heterocycles. The van der Waals surface area contributed by atoms with Gasteiger partial charge in [0.15, 0.2) is 0 Å². The molecule has 0 spiro atoms. The zero-order valence-corrected chi connectivity index (χ0v) is 8.28. The number of fused-ring (bicyclic) bond motifs is 1. The van der Waals surface area contributed by atoms with Crippen molar-refractivity contribution in [3.8, 4) is 11.5 Å². The van der Waals surface area contributed by atoms with Gasteiger partial charge in [0.05, 0.1) is 17.8 Å². The lowest BCUT2D eigenvalue weighted by Crippen LogP contribution is -1.82. The first-order valence-corrected chi connectivity index (χ1v) is 5.05. The minimum Gasteiger partial charge on any atom is -0.464 e. The first-order valence-electron chi connectivity index (χ1n) is 4.28. The highest BCUT2D eigenvalue weighted by Crippen LogP contribution is 2.27. The minimum absolute atomic E-state index is 0.344. The van der Waals surface area contributed by atoms with E-state index in [1.807, 2.05) is 24.3 Å². The van der Waals surface area contributed by atoms with Crippen molar-refractivity contribution in [1.82, 2.24) is 4.37 Å². The first-order chi connectivity index (χ1) is 7.34. The van der Waals surface area contributed by atoms with Gasteiger partial charge in [0.2, 0.25) is 5.89 Å². The molecule has 0 aliphatic heterocycles. The fourth-order valence-electron chi connectivity index (χ4n) is 1.48. The van der Waals surface area contributed by atoms with Gasteiger partial charge in [0, 0.05) is 10.9 Å². The van der Waals surface area contributed by atoms with Crippen LogP contribution in [0.3, 0.4) is 0 Å². The van der Waals surface area contributed by atoms with Crippen molar-refractivity contribution in [3.05, 3.63) is 40.3 Å². The van der Waals surface area contributed by atoms with Gasteiger partial charge in [-0.15, -0.1) is 4.37 Å². The van der Waals surface area contributed by atoms with Crippen LogP contribution in [-0.4, -0.2) is 4.37 Å². The highest BCUT2D eigenvalue weighted by molar-refractivity contribution is 7.02. The van der Waals surface area contributed by atoms with Crippen molar-refractivity contribution in [2.75, 3.05) is 0 Å². The lowest BCUT2D eigenvalue weighted by Gasteiger charge is -1.94. The van der Waals surface area contributed by atoms with Crippen molar-refractivity contribution in [1.29, 1.82) is 0 Å². The topological polar surface area (TPSA) is 56.2 Å². The molecular weight excluding hydrogens is 214 g/mol. The number of benzene rings is 1. The maximum atomic E-state index is 10.9. The van der Waals surface area contributed by atoms with Gasteiger partial charge < -0.3 is 8.83 Å². The molecule has 2 aromatic heterocycles. The van der Waals surface area contributed by atoms with Gasteiger partial charge in [0.25, 0.3) is 0 Å². The summed E-state index contributed by atoms with van der Waals surface area (Å²) in [5.41, 5.74) is 1.53. The Morgan fingerprint density at radius 3 is 3.00 bits per heavy atom. The Hall–Kier alpha value is -1.88. The molecule has 0 saturated carbocycles. The molecule has 0 unspecified atom stereocenters. The van der Waals surface area contributed by atoms with Crippen molar-refractivity contribution in [2.24, 2.45) is 0 Å². The summed E-state index contributed by atoms with van der Waals surface area (Å²) in [4.78, 5) is 10.5. The van der Waals surface area contributed by atoms with Gasteiger partial charge in [-0.05, 0) is 18.2 Å². The molecule has 0 fully saturated rings. The smallest absolute Gasteiger partial charge is 0.414 e. The van der Waals surface area contributed by atoms with Crippen LogP contribution < -0.4 is 4.94 Å². The van der Waals surface area contributed by atoms with E-state index in [1.54, 1.807) is 6.26 Å². The number of nitrogens with zero attached hydrogens (tertiary/aromatic N) is 1. The van der Waals surface area contributed by atoms with Crippen molar-refractivity contribution < 1.29 is 8.83 Å². The van der Waals surface area contributed by atoms with Gasteiger partial charge in [-0.3, -0.25) is 0 Å². The molecule has 0 N–H and O–H groups in total. The molecule has 0 radical (unpaired) electrons. The van der Waals surface area contributed by atoms with Gasteiger partial charge in [0.1, 0.15) is 5.58 Å². The van der Waals surface area contributed by atoms with E-state index in [9.17, 15) is 4.79 Å². The second-order valence-corrected chi connectivity index (χ2v) is 3.68. The molecule has 0 aliphatic carbocycles. The molecule has 74 valence electrons. The summed E-state index contributed by atoms with van der Waals surface area (Å²) in [5, 5.41) is 0.895. The highest BCUT2D eigenvalue weighted by Gasteiger charge is 2.10. The molecule has 0 aliphatic rings. The number of furan rings is 1. The second-order valence-electron chi connectivity index (χ2n) is 2.98. The van der Waals surface area contributed by atoms with Crippen LogP contribution in [-0.2, 0) is 0 Å². The number of rotatable bonds is 1. The summed E-state index contributed by atoms with van der Waals surface area (Å²) in [6.07, 6.45) is 1.60. The maximum absolute atomic E-state index is 10.9. The molecule has 3 rings (SSSR count). The first kappa shape index (κ1) is 8.43. The highest BCUT2D eigenvalue weighted by atomic mass is 32.1. The van der Waals surface area contributed by atoms with Gasteiger partial charge >= 0.3 is 4.94 Å². The molecule has 0 amide bonds. The van der Waals surface area contributed by atoms with E-state index in [-0.39, 0.29) is 0 Å². The lowest BCUT2D eigenvalue weighted by molar-refractivity contribution is 0.543. The number of hydrogen-bond acceptors (Lipinski definition) is 5. The zero-order valence-electron chi connectivity index (χ0n) is 7.47. The van der Waals surface area contributed by atoms with E-state index in [0.717, 1.165) is 28.1 Å². The maximum Gasteiger partial charge on any atom is 0.414 e. The largest absolute Gasteiger partial charge is 0.464 e. The van der Waals surface area contributed by atoms with Crippen LogP contribution in [0.2, 0.25) is 0 Å². The SMILES string of the molecule is O=c1oc(-c2cccc3occc23)ns1. The fraction of sp³-hybridized carbons (Fsp3) is 0. The van der Waals surface area contributed by atoms with Crippen LogP contribution in [0.5, 0.6) is 0 Å². The molecule has 4 nitrogen and oxygen atoms in total. The molecule has 15 heavy (non-hydrogen) atoms. The quantitative estimate of drug-likeness (QED) is 0.631. The third-order valence-corrected chi connectivity index (χ3v) is 2.60. The van der Waals surface area contributed by atoms with E-state index in [1.165, 1.54) is 0 Å². The van der Waals surface area contributed by atoms with Gasteiger partial charge in [-0.2, -0.15) is 0 Å². The average Bonchev–Trinajstić information content (AvgIpc) is 2.84. The van der Waals surface area contributed by atoms with Crippen LogP contribution in [0.4, 0.5) is 0 Å². The van der Waals surface area contributed by atoms with Crippen molar-refractivity contribution in [2.45, 2.75) is 0 Å². The van der Waals surface area contributed by atoms with E-state index in [4.69, 9.17) is 8.83 Å². The molecule has 1 aromatic carbocycles. The molecule has 3 aromatic rings. The number of aromatic nitrogens is 1. The normalized spacial score (nSPS) is 10.9. The van der Waals surface area contributed by atoms with E-state index in [2.05, 4.69) is 4.37 Å². The van der Waals surface area contributed by atoms with Gasteiger partial charge in [-0.1, -0.05) is 6.07 Å². The Balaban J connectivity index is 2.35. The number of hydrogen-bond donors (Lipinski definition) is 0. The predicted octanol–water partition coefficient (Wildman–Crippen LogP) is 2.51. The van der Waals surface area contributed by atoms with Crippen LogP contribution in [0.1, 0.15) is 0 Å². The van der Waals surface area contributed by atoms with Crippen LogP contribution >= 0.6 is 11.5 Å². The van der Waals surface area contributed by atoms with E-state index in [0.29, 0.717) is 5.89 Å². The Labute approximate surface area is 87.9 Å². The standard InChI is InChI=1S/C10H5NO3S/c12-10-14-9(11-15-10)7-2-1-3-8-6(7)4-5-13-8/h1-5H. The van der Waals surface area contributed by atoms with Crippen molar-refractivity contribution >= 4 is 22.5 Å². The Kier molecular flexibility index (Phi) is 1.72. The summed E-state index contributed by atoms with van der Waals surface area (Å²) in [6.45, 7) is 0. The molecule has 2 heterocycles. The summed E-state index contributed by atoms with van der Waals surface area (Å²) < 4.78 is 14.1. The third-order valence-electron chi connectivity index (χ3n) is 2.11. The summed E-state index contributed by atoms with van der Waals surface area (Å²) in [7, 11) is 0. The molecule has 0 atom stereocenters. The Morgan fingerprint density at radius 2 is 2.20 bits per heavy atom. The Bertz CT molecular complexity index is 664. The Morgan fingerprint density at radius 1 is 1.27 bits per heavy atom. The van der Waals surface area contributed by atoms with Crippen LogP contribution in [0.15, 0.2) is 44.2 Å². The van der Waals surface area contributed by atoms with E-state index >= 15 is 0 Å².